The van der Waals surface area contributed by atoms with E-state index >= 15 is 0 Å². The van der Waals surface area contributed by atoms with Crippen LogP contribution in [0.2, 0.25) is 0 Å². The number of pyridine rings is 1. The van der Waals surface area contributed by atoms with E-state index in [1.165, 1.54) is 6.20 Å². The van der Waals surface area contributed by atoms with Gasteiger partial charge >= 0.3 is 0 Å². The SMILES string of the molecule is Cc1c(O)c(=O)c(C(=O)NCc2c(F)cc(F)cc2F)cn1C12CN(C=O)CCCC1[C@H]2C. The van der Waals surface area contributed by atoms with Crippen molar-refractivity contribution in [3.63, 3.8) is 0 Å². The van der Waals surface area contributed by atoms with Gasteiger partial charge in [0.05, 0.1) is 11.2 Å². The summed E-state index contributed by atoms with van der Waals surface area (Å²) < 4.78 is 42.6. The van der Waals surface area contributed by atoms with Crippen LogP contribution in [0.25, 0.3) is 0 Å². The Balaban J connectivity index is 1.69. The van der Waals surface area contributed by atoms with E-state index in [1.807, 2.05) is 6.92 Å². The number of likely N-dealkylation sites (tertiary alicyclic amines) is 1. The van der Waals surface area contributed by atoms with Crippen molar-refractivity contribution < 1.29 is 27.9 Å². The van der Waals surface area contributed by atoms with E-state index in [9.17, 15) is 32.7 Å². The molecule has 2 heterocycles. The third-order valence-electron chi connectivity index (χ3n) is 7.14. The highest BCUT2D eigenvalue weighted by atomic mass is 19.1. The van der Waals surface area contributed by atoms with Crippen LogP contribution < -0.4 is 10.7 Å². The lowest BCUT2D eigenvalue weighted by Gasteiger charge is -2.29. The van der Waals surface area contributed by atoms with Gasteiger partial charge in [0.1, 0.15) is 23.0 Å². The topological polar surface area (TPSA) is 91.6 Å². The number of amides is 2. The Kier molecular flexibility index (Phi) is 5.71. The highest BCUT2D eigenvalue weighted by Gasteiger charge is 2.64. The van der Waals surface area contributed by atoms with Crippen LogP contribution in [0.15, 0.2) is 23.1 Å². The molecular formula is C23H24F3N3O4. The summed E-state index contributed by atoms with van der Waals surface area (Å²) >= 11 is 0. The van der Waals surface area contributed by atoms with Crippen LogP contribution in [0.5, 0.6) is 5.75 Å². The molecule has 7 nitrogen and oxygen atoms in total. The molecule has 0 bridgehead atoms. The number of hydrogen-bond donors (Lipinski definition) is 2. The molecule has 33 heavy (non-hydrogen) atoms. The second kappa shape index (κ2) is 8.24. The first-order valence-corrected chi connectivity index (χ1v) is 10.7. The van der Waals surface area contributed by atoms with E-state index in [2.05, 4.69) is 5.32 Å². The number of rotatable bonds is 5. The van der Waals surface area contributed by atoms with Crippen molar-refractivity contribution in [2.75, 3.05) is 13.1 Å². The molecule has 1 saturated carbocycles. The third kappa shape index (κ3) is 3.67. The third-order valence-corrected chi connectivity index (χ3v) is 7.14. The quantitative estimate of drug-likeness (QED) is 0.667. The highest BCUT2D eigenvalue weighted by molar-refractivity contribution is 5.94. The van der Waals surface area contributed by atoms with Gasteiger partial charge in [0.25, 0.3) is 5.91 Å². The number of aromatic hydroxyl groups is 1. The molecule has 4 rings (SSSR count). The molecule has 0 radical (unpaired) electrons. The van der Waals surface area contributed by atoms with E-state index in [1.54, 1.807) is 16.4 Å². The van der Waals surface area contributed by atoms with E-state index in [0.717, 1.165) is 19.3 Å². The Morgan fingerprint density at radius 1 is 1.30 bits per heavy atom. The molecule has 3 atom stereocenters. The normalized spacial score (nSPS) is 24.1. The monoisotopic (exact) mass is 463 g/mol. The zero-order valence-electron chi connectivity index (χ0n) is 18.2. The van der Waals surface area contributed by atoms with Crippen LogP contribution in [-0.4, -0.2) is 40.0 Å². The molecule has 2 unspecified atom stereocenters. The fourth-order valence-electron chi connectivity index (χ4n) is 5.24. The maximum absolute atomic E-state index is 13.9. The molecule has 1 aliphatic heterocycles. The van der Waals surface area contributed by atoms with Gasteiger partial charge in [-0.25, -0.2) is 13.2 Å². The highest BCUT2D eigenvalue weighted by Crippen LogP contribution is 2.60. The number of nitrogens with zero attached hydrogens (tertiary/aromatic N) is 2. The molecule has 1 aliphatic carbocycles. The van der Waals surface area contributed by atoms with E-state index in [-0.39, 0.29) is 17.5 Å². The number of benzene rings is 1. The number of hydrogen-bond acceptors (Lipinski definition) is 4. The molecule has 10 heteroatoms. The van der Waals surface area contributed by atoms with Crippen molar-refractivity contribution in [3.8, 4) is 5.75 Å². The standard InChI is InChI=1S/C23H24F3N3O4/c1-12-17-4-3-5-28(11-30)10-23(12,17)29-9-16(21(32)20(31)13(29)2)22(33)27-8-15-18(25)6-14(24)7-19(15)26/h6-7,9,11-12,17,31H,3-5,8,10H2,1-2H3,(H,27,33)/t12-,17?,23?/m1/s1. The predicted octanol–water partition coefficient (Wildman–Crippen LogP) is 2.42. The molecule has 2 N–H and O–H groups in total. The lowest BCUT2D eigenvalue weighted by molar-refractivity contribution is -0.118. The molecule has 2 aliphatic rings. The Morgan fingerprint density at radius 2 is 1.97 bits per heavy atom. The van der Waals surface area contributed by atoms with Gasteiger partial charge in [0, 0.05) is 43.5 Å². The second-order valence-electron chi connectivity index (χ2n) is 8.81. The summed E-state index contributed by atoms with van der Waals surface area (Å²) in [6.45, 7) is 3.94. The Bertz CT molecular complexity index is 1180. The Hall–Kier alpha value is -3.30. The first-order chi connectivity index (χ1) is 15.6. The molecule has 0 spiro atoms. The number of nitrogens with one attached hydrogen (secondary N) is 1. The van der Waals surface area contributed by atoms with Crippen LogP contribution in [0.1, 0.15) is 41.4 Å². The lowest BCUT2D eigenvalue weighted by Crippen LogP contribution is -2.39. The van der Waals surface area contributed by atoms with Crippen LogP contribution in [0.4, 0.5) is 13.2 Å². The average Bonchev–Trinajstić information content (AvgIpc) is 3.38. The first-order valence-electron chi connectivity index (χ1n) is 10.7. The fraction of sp³-hybridized carbons (Fsp3) is 0.435. The second-order valence-corrected chi connectivity index (χ2v) is 8.81. The largest absolute Gasteiger partial charge is 0.503 e. The van der Waals surface area contributed by atoms with E-state index in [0.29, 0.717) is 25.2 Å². The van der Waals surface area contributed by atoms with E-state index < -0.39 is 57.7 Å². The van der Waals surface area contributed by atoms with E-state index in [4.69, 9.17) is 0 Å². The van der Waals surface area contributed by atoms with Crippen LogP contribution >= 0.6 is 0 Å². The van der Waals surface area contributed by atoms with Crippen molar-refractivity contribution in [2.45, 2.75) is 38.8 Å². The van der Waals surface area contributed by atoms with Crippen molar-refractivity contribution in [1.29, 1.82) is 0 Å². The fourth-order valence-corrected chi connectivity index (χ4v) is 5.24. The summed E-state index contributed by atoms with van der Waals surface area (Å²) in [6, 6.07) is 0.988. The van der Waals surface area contributed by atoms with Crippen LogP contribution in [0.3, 0.4) is 0 Å². The maximum atomic E-state index is 13.9. The minimum atomic E-state index is -1.17. The summed E-state index contributed by atoms with van der Waals surface area (Å²) in [7, 11) is 0. The minimum Gasteiger partial charge on any atom is -0.503 e. The summed E-state index contributed by atoms with van der Waals surface area (Å²) in [6.07, 6.45) is 3.78. The molecule has 2 amide bonds. The van der Waals surface area contributed by atoms with Gasteiger partial charge in [0.2, 0.25) is 11.8 Å². The van der Waals surface area contributed by atoms with Crippen LogP contribution in [-0.2, 0) is 16.9 Å². The molecular weight excluding hydrogens is 439 g/mol. The maximum Gasteiger partial charge on any atom is 0.257 e. The van der Waals surface area contributed by atoms with Crippen molar-refractivity contribution in [2.24, 2.45) is 11.8 Å². The van der Waals surface area contributed by atoms with Crippen molar-refractivity contribution in [3.05, 3.63) is 62.8 Å². The summed E-state index contributed by atoms with van der Waals surface area (Å²) in [5, 5.41) is 12.8. The Morgan fingerprint density at radius 3 is 2.61 bits per heavy atom. The van der Waals surface area contributed by atoms with Crippen molar-refractivity contribution in [1.82, 2.24) is 14.8 Å². The van der Waals surface area contributed by atoms with Gasteiger partial charge in [-0.05, 0) is 31.6 Å². The first kappa shape index (κ1) is 22.9. The number of carbonyl (C=O) groups is 2. The number of halogens is 3. The van der Waals surface area contributed by atoms with Crippen LogP contribution in [0, 0.1) is 36.2 Å². The molecule has 1 aromatic carbocycles. The number of aromatic nitrogens is 1. The molecule has 1 aromatic heterocycles. The molecule has 1 saturated heterocycles. The zero-order valence-corrected chi connectivity index (χ0v) is 18.2. The van der Waals surface area contributed by atoms with Gasteiger partial charge < -0.3 is 19.9 Å². The van der Waals surface area contributed by atoms with Gasteiger partial charge in [-0.2, -0.15) is 0 Å². The molecule has 2 aromatic rings. The van der Waals surface area contributed by atoms with Gasteiger partial charge in [-0.3, -0.25) is 14.4 Å². The number of carbonyl (C=O) groups excluding carboxylic acids is 2. The van der Waals surface area contributed by atoms with Gasteiger partial charge in [-0.1, -0.05) is 6.92 Å². The van der Waals surface area contributed by atoms with Gasteiger partial charge in [0.15, 0.2) is 5.75 Å². The zero-order chi connectivity index (χ0) is 24.1. The summed E-state index contributed by atoms with van der Waals surface area (Å²) in [4.78, 5) is 38.6. The predicted molar refractivity (Wildman–Crippen MR) is 112 cm³/mol. The average molecular weight is 463 g/mol. The lowest BCUT2D eigenvalue weighted by atomic mass is 10.1. The minimum absolute atomic E-state index is 0.138. The molecule has 176 valence electrons. The summed E-state index contributed by atoms with van der Waals surface area (Å²) in [5.41, 5.74) is -2.16. The molecule has 2 fully saturated rings. The smallest absolute Gasteiger partial charge is 0.257 e. The van der Waals surface area contributed by atoms with Gasteiger partial charge in [-0.15, -0.1) is 0 Å². The Labute approximate surface area is 187 Å². The summed E-state index contributed by atoms with van der Waals surface area (Å²) in [5.74, 6) is -4.63. The number of fused-ring (bicyclic) bond motifs is 1. The van der Waals surface area contributed by atoms with Crippen molar-refractivity contribution >= 4 is 12.3 Å².